The van der Waals surface area contributed by atoms with E-state index in [9.17, 15) is 25.2 Å². The molecule has 9 heteroatoms. The number of carbonyl (C=O) groups is 1. The molecule has 0 saturated carbocycles. The van der Waals surface area contributed by atoms with Gasteiger partial charge in [-0.3, -0.25) is 4.79 Å². The molecule has 7 N–H and O–H groups in total. The van der Waals surface area contributed by atoms with Crippen molar-refractivity contribution in [3.05, 3.63) is 29.8 Å². The average molecular weight is 314 g/mol. The highest BCUT2D eigenvalue weighted by atomic mass is 16.4. The van der Waals surface area contributed by atoms with Crippen molar-refractivity contribution in [3.63, 3.8) is 0 Å². The van der Waals surface area contributed by atoms with Crippen molar-refractivity contribution in [2.24, 2.45) is 5.10 Å². The minimum absolute atomic E-state index is 0.0671. The Bertz CT molecular complexity index is 523. The normalized spacial score (nSPS) is 17.0. The van der Waals surface area contributed by atoms with Crippen LogP contribution in [-0.2, 0) is 4.79 Å². The van der Waals surface area contributed by atoms with Gasteiger partial charge in [-0.2, -0.15) is 5.10 Å². The Hall–Kier alpha value is -2.04. The number of carbonyl (C=O) groups excluding carboxylic acids is 1. The quantitative estimate of drug-likeness (QED) is 0.212. The number of phenols is 1. The zero-order chi connectivity index (χ0) is 16.7. The van der Waals surface area contributed by atoms with Crippen LogP contribution < -0.4 is 5.43 Å². The van der Waals surface area contributed by atoms with E-state index in [4.69, 9.17) is 10.2 Å². The molecule has 1 rings (SSSR count). The smallest absolute Gasteiger partial charge is 0.271 e. The number of nitrogens with zero attached hydrogens (tertiary/aromatic N) is 1. The minimum atomic E-state index is -2.07. The third-order valence-electron chi connectivity index (χ3n) is 2.84. The van der Waals surface area contributed by atoms with E-state index in [0.717, 1.165) is 6.21 Å². The van der Waals surface area contributed by atoms with E-state index < -0.39 is 36.9 Å². The van der Waals surface area contributed by atoms with Crippen LogP contribution in [0, 0.1) is 0 Å². The van der Waals surface area contributed by atoms with Crippen molar-refractivity contribution in [1.29, 1.82) is 0 Å². The maximum atomic E-state index is 11.5. The molecule has 0 radical (unpaired) electrons. The zero-order valence-electron chi connectivity index (χ0n) is 11.4. The molecule has 1 aromatic carbocycles. The van der Waals surface area contributed by atoms with Crippen molar-refractivity contribution >= 4 is 12.1 Å². The van der Waals surface area contributed by atoms with Crippen molar-refractivity contribution in [3.8, 4) is 5.75 Å². The molecule has 0 unspecified atom stereocenters. The summed E-state index contributed by atoms with van der Waals surface area (Å²) in [7, 11) is 0. The summed E-state index contributed by atoms with van der Waals surface area (Å²) in [5, 5.41) is 59.1. The molecular formula is C13H18N2O7. The van der Waals surface area contributed by atoms with Crippen LogP contribution in [0.4, 0.5) is 0 Å². The monoisotopic (exact) mass is 314 g/mol. The number of aliphatic hydroxyl groups excluding tert-OH is 5. The van der Waals surface area contributed by atoms with Gasteiger partial charge in [0, 0.05) is 5.56 Å². The van der Waals surface area contributed by atoms with Crippen LogP contribution in [-0.4, -0.2) is 73.8 Å². The fourth-order valence-corrected chi connectivity index (χ4v) is 1.51. The number of rotatable bonds is 7. The second-order valence-electron chi connectivity index (χ2n) is 4.47. The van der Waals surface area contributed by atoms with E-state index in [2.05, 4.69) is 5.10 Å². The highest BCUT2D eigenvalue weighted by Gasteiger charge is 2.34. The van der Waals surface area contributed by atoms with Gasteiger partial charge in [-0.15, -0.1) is 0 Å². The number of hydrogen-bond acceptors (Lipinski definition) is 8. The summed E-state index contributed by atoms with van der Waals surface area (Å²) < 4.78 is 0. The second kappa shape index (κ2) is 8.41. The first kappa shape index (κ1) is 18.0. The number of phenolic OH excluding ortho intramolecular Hbond substituents is 1. The Kier molecular flexibility index (Phi) is 6.89. The number of benzene rings is 1. The molecule has 4 atom stereocenters. The van der Waals surface area contributed by atoms with Gasteiger partial charge in [0.1, 0.15) is 24.1 Å². The lowest BCUT2D eigenvalue weighted by atomic mass is 10.0. The first-order valence-corrected chi connectivity index (χ1v) is 6.32. The maximum Gasteiger partial charge on any atom is 0.271 e. The summed E-state index contributed by atoms with van der Waals surface area (Å²) in [5.41, 5.74) is 2.22. The van der Waals surface area contributed by atoms with Gasteiger partial charge in [0.2, 0.25) is 0 Å². The molecule has 22 heavy (non-hydrogen) atoms. The number of hydrazone groups is 1. The summed E-state index contributed by atoms with van der Waals surface area (Å²) in [6.07, 6.45) is -6.58. The highest BCUT2D eigenvalue weighted by molar-refractivity contribution is 5.86. The van der Waals surface area contributed by atoms with Gasteiger partial charge in [0.25, 0.3) is 5.91 Å². The SMILES string of the molecule is O=C(NN=Cc1ccccc1O)[C@@H](O)[C@@H](O)[C@H](O)[C@H](O)CO. The molecule has 0 heterocycles. The fourth-order valence-electron chi connectivity index (χ4n) is 1.51. The van der Waals surface area contributed by atoms with Crippen LogP contribution in [0.2, 0.25) is 0 Å². The summed E-state index contributed by atoms with van der Waals surface area (Å²) in [4.78, 5) is 11.5. The number of amides is 1. The molecule has 0 aliphatic rings. The van der Waals surface area contributed by atoms with Gasteiger partial charge < -0.3 is 30.6 Å². The Morgan fingerprint density at radius 1 is 1.18 bits per heavy atom. The van der Waals surface area contributed by atoms with Crippen molar-refractivity contribution < 1.29 is 35.4 Å². The van der Waals surface area contributed by atoms with Crippen molar-refractivity contribution in [2.45, 2.75) is 24.4 Å². The molecule has 1 amide bonds. The van der Waals surface area contributed by atoms with Gasteiger partial charge >= 0.3 is 0 Å². The Balaban J connectivity index is 2.59. The molecule has 122 valence electrons. The largest absolute Gasteiger partial charge is 0.507 e. The molecule has 0 aromatic heterocycles. The fraction of sp³-hybridized carbons (Fsp3) is 0.385. The van der Waals surface area contributed by atoms with Gasteiger partial charge in [-0.05, 0) is 12.1 Å². The molecule has 0 fully saturated rings. The zero-order valence-corrected chi connectivity index (χ0v) is 11.4. The lowest BCUT2D eigenvalue weighted by Crippen LogP contribution is -2.50. The number of para-hydroxylation sites is 1. The number of nitrogens with one attached hydrogen (secondary N) is 1. The molecule has 0 bridgehead atoms. The Labute approximate surface area is 125 Å². The van der Waals surface area contributed by atoms with Crippen LogP contribution >= 0.6 is 0 Å². The molecule has 1 aromatic rings. The molecule has 0 spiro atoms. The predicted octanol–water partition coefficient (Wildman–Crippen LogP) is -2.72. The summed E-state index contributed by atoms with van der Waals surface area (Å²) in [6, 6.07) is 6.17. The Morgan fingerprint density at radius 3 is 2.41 bits per heavy atom. The van der Waals surface area contributed by atoms with E-state index in [-0.39, 0.29) is 5.75 Å². The predicted molar refractivity (Wildman–Crippen MR) is 75.0 cm³/mol. The van der Waals surface area contributed by atoms with Gasteiger partial charge in [-0.1, -0.05) is 12.1 Å². The highest BCUT2D eigenvalue weighted by Crippen LogP contribution is 2.12. The third-order valence-corrected chi connectivity index (χ3v) is 2.84. The summed E-state index contributed by atoms with van der Waals surface area (Å²) in [6.45, 7) is -0.849. The summed E-state index contributed by atoms with van der Waals surface area (Å²) in [5.74, 6) is -1.20. The summed E-state index contributed by atoms with van der Waals surface area (Å²) >= 11 is 0. The van der Waals surface area contributed by atoms with Crippen molar-refractivity contribution in [2.75, 3.05) is 6.61 Å². The van der Waals surface area contributed by atoms with E-state index in [1.165, 1.54) is 12.1 Å². The van der Waals surface area contributed by atoms with Crippen LogP contribution in [0.25, 0.3) is 0 Å². The van der Waals surface area contributed by atoms with Crippen LogP contribution in [0.3, 0.4) is 0 Å². The lowest BCUT2D eigenvalue weighted by molar-refractivity contribution is -0.148. The Morgan fingerprint density at radius 2 is 1.82 bits per heavy atom. The average Bonchev–Trinajstić information content (AvgIpc) is 2.53. The standard InChI is InChI=1S/C13H18N2O7/c16-6-9(18)10(19)11(20)12(21)13(22)15-14-5-7-3-1-2-4-8(7)17/h1-5,9-12,16-21H,6H2,(H,15,22)/t9-,10-,11+,12+/m1/s1. The van der Waals surface area contributed by atoms with E-state index in [1.807, 2.05) is 5.43 Å². The number of aliphatic hydroxyl groups is 5. The molecular weight excluding hydrogens is 296 g/mol. The van der Waals surface area contributed by atoms with Crippen LogP contribution in [0.1, 0.15) is 5.56 Å². The number of hydrogen-bond donors (Lipinski definition) is 7. The van der Waals surface area contributed by atoms with Gasteiger partial charge in [0.05, 0.1) is 12.8 Å². The van der Waals surface area contributed by atoms with Gasteiger partial charge in [0.15, 0.2) is 6.10 Å². The van der Waals surface area contributed by atoms with Crippen molar-refractivity contribution in [1.82, 2.24) is 5.43 Å². The maximum absolute atomic E-state index is 11.5. The molecule has 0 saturated heterocycles. The number of aromatic hydroxyl groups is 1. The minimum Gasteiger partial charge on any atom is -0.507 e. The molecule has 0 aliphatic carbocycles. The molecule has 0 aliphatic heterocycles. The van der Waals surface area contributed by atoms with E-state index >= 15 is 0 Å². The van der Waals surface area contributed by atoms with Crippen LogP contribution in [0.5, 0.6) is 5.75 Å². The third kappa shape index (κ3) is 4.76. The van der Waals surface area contributed by atoms with Gasteiger partial charge in [-0.25, -0.2) is 5.43 Å². The first-order chi connectivity index (χ1) is 10.4. The van der Waals surface area contributed by atoms with E-state index in [1.54, 1.807) is 12.1 Å². The lowest BCUT2D eigenvalue weighted by Gasteiger charge is -2.24. The topological polar surface area (TPSA) is 163 Å². The second-order valence-corrected chi connectivity index (χ2v) is 4.47. The van der Waals surface area contributed by atoms with Crippen LogP contribution in [0.15, 0.2) is 29.4 Å². The van der Waals surface area contributed by atoms with E-state index in [0.29, 0.717) is 5.56 Å². The first-order valence-electron chi connectivity index (χ1n) is 6.32. The molecule has 9 nitrogen and oxygen atoms in total.